The average Bonchev–Trinajstić information content (AvgIpc) is 3.23. The van der Waals surface area contributed by atoms with Crippen molar-refractivity contribution in [3.05, 3.63) is 64.6 Å². The number of aromatic amines is 1. The van der Waals surface area contributed by atoms with E-state index in [9.17, 15) is 4.79 Å². The molecule has 4 aromatic rings. The number of tetrazole rings is 1. The standard InChI is InChI=1S/C18H18N6OS/c1-13-7-9-14(10-8-13)24-18(20-21-22-24)26-12-4-11-23-16-6-3-2-5-15(16)19-17(23)25/h2-3,5-10H,4,11-12H2,1H3,(H,19,25). The number of nitrogens with one attached hydrogen (secondary N) is 1. The van der Waals surface area contributed by atoms with E-state index < -0.39 is 0 Å². The molecule has 0 aliphatic heterocycles. The highest BCUT2D eigenvalue weighted by Crippen LogP contribution is 2.19. The van der Waals surface area contributed by atoms with Crippen LogP contribution >= 0.6 is 11.8 Å². The highest BCUT2D eigenvalue weighted by molar-refractivity contribution is 7.99. The van der Waals surface area contributed by atoms with Crippen LogP contribution in [0.3, 0.4) is 0 Å². The van der Waals surface area contributed by atoms with Gasteiger partial charge in [-0.15, -0.1) is 5.10 Å². The summed E-state index contributed by atoms with van der Waals surface area (Å²) in [6, 6.07) is 15.8. The molecule has 0 unspecified atom stereocenters. The second-order valence-corrected chi connectivity index (χ2v) is 7.07. The zero-order valence-electron chi connectivity index (χ0n) is 14.3. The lowest BCUT2D eigenvalue weighted by molar-refractivity contribution is 0.678. The molecule has 0 amide bonds. The van der Waals surface area contributed by atoms with Crippen LogP contribution in [0, 0.1) is 6.92 Å². The molecule has 0 bridgehead atoms. The Labute approximate surface area is 154 Å². The van der Waals surface area contributed by atoms with Gasteiger partial charge in [0.1, 0.15) is 0 Å². The third-order valence-electron chi connectivity index (χ3n) is 4.16. The van der Waals surface area contributed by atoms with Gasteiger partial charge in [-0.3, -0.25) is 4.57 Å². The number of benzene rings is 2. The van der Waals surface area contributed by atoms with Gasteiger partial charge in [-0.2, -0.15) is 4.68 Å². The number of thioether (sulfide) groups is 1. The Bertz CT molecular complexity index is 1080. The minimum Gasteiger partial charge on any atom is -0.306 e. The molecule has 0 aliphatic rings. The van der Waals surface area contributed by atoms with Crippen LogP contribution in [-0.4, -0.2) is 35.5 Å². The molecule has 26 heavy (non-hydrogen) atoms. The van der Waals surface area contributed by atoms with E-state index in [0.717, 1.165) is 34.1 Å². The van der Waals surface area contributed by atoms with Crippen LogP contribution in [0.15, 0.2) is 58.5 Å². The van der Waals surface area contributed by atoms with Crippen molar-refractivity contribution in [3.8, 4) is 5.69 Å². The first-order chi connectivity index (χ1) is 12.7. The molecular formula is C18H18N6OS. The summed E-state index contributed by atoms with van der Waals surface area (Å²) in [5.74, 6) is 0.818. The van der Waals surface area contributed by atoms with Gasteiger partial charge in [0.25, 0.3) is 0 Å². The van der Waals surface area contributed by atoms with Crippen LogP contribution in [0.25, 0.3) is 16.7 Å². The average molecular weight is 366 g/mol. The summed E-state index contributed by atoms with van der Waals surface area (Å²) in [6.07, 6.45) is 0.840. The summed E-state index contributed by atoms with van der Waals surface area (Å²) in [6.45, 7) is 2.70. The quantitative estimate of drug-likeness (QED) is 0.419. The summed E-state index contributed by atoms with van der Waals surface area (Å²) in [5, 5.41) is 12.7. The number of aryl methyl sites for hydroxylation is 2. The van der Waals surface area contributed by atoms with Crippen LogP contribution in [0.2, 0.25) is 0 Å². The molecule has 0 spiro atoms. The van der Waals surface area contributed by atoms with E-state index in [2.05, 4.69) is 20.5 Å². The summed E-state index contributed by atoms with van der Waals surface area (Å²) >= 11 is 1.59. The van der Waals surface area contributed by atoms with Crippen LogP contribution in [0.4, 0.5) is 0 Å². The van der Waals surface area contributed by atoms with E-state index in [1.807, 2.05) is 55.5 Å². The molecular weight excluding hydrogens is 348 g/mol. The Hall–Kier alpha value is -2.87. The highest BCUT2D eigenvalue weighted by atomic mass is 32.2. The van der Waals surface area contributed by atoms with Crippen molar-refractivity contribution < 1.29 is 0 Å². The minimum atomic E-state index is -0.0688. The van der Waals surface area contributed by atoms with Gasteiger partial charge >= 0.3 is 5.69 Å². The number of fused-ring (bicyclic) bond motifs is 1. The van der Waals surface area contributed by atoms with Gasteiger partial charge in [-0.05, 0) is 48.0 Å². The van der Waals surface area contributed by atoms with E-state index >= 15 is 0 Å². The molecule has 0 fully saturated rings. The first-order valence-electron chi connectivity index (χ1n) is 8.38. The fourth-order valence-electron chi connectivity index (χ4n) is 2.83. The molecule has 2 heterocycles. The molecule has 8 heteroatoms. The van der Waals surface area contributed by atoms with Gasteiger partial charge < -0.3 is 4.98 Å². The number of nitrogens with zero attached hydrogens (tertiary/aromatic N) is 5. The van der Waals surface area contributed by atoms with Gasteiger partial charge in [0.15, 0.2) is 0 Å². The number of para-hydroxylation sites is 2. The second-order valence-electron chi connectivity index (χ2n) is 6.01. The summed E-state index contributed by atoms with van der Waals surface area (Å²) < 4.78 is 3.51. The lowest BCUT2D eigenvalue weighted by Crippen LogP contribution is -2.17. The second kappa shape index (κ2) is 7.17. The monoisotopic (exact) mass is 366 g/mol. The number of imidazole rings is 1. The fraction of sp³-hybridized carbons (Fsp3) is 0.222. The summed E-state index contributed by atoms with van der Waals surface area (Å²) in [7, 11) is 0. The largest absolute Gasteiger partial charge is 0.326 e. The molecule has 1 N–H and O–H groups in total. The van der Waals surface area contributed by atoms with Gasteiger partial charge in [0.05, 0.1) is 16.7 Å². The zero-order chi connectivity index (χ0) is 17.9. The van der Waals surface area contributed by atoms with Crippen LogP contribution in [0.1, 0.15) is 12.0 Å². The lowest BCUT2D eigenvalue weighted by atomic mass is 10.2. The third-order valence-corrected chi connectivity index (χ3v) is 5.16. The normalized spacial score (nSPS) is 11.3. The van der Waals surface area contributed by atoms with Gasteiger partial charge in [-0.1, -0.05) is 41.6 Å². The molecule has 0 saturated heterocycles. The number of H-pyrrole nitrogens is 1. The first-order valence-corrected chi connectivity index (χ1v) is 9.37. The smallest absolute Gasteiger partial charge is 0.306 e. The Kier molecular flexibility index (Phi) is 4.57. The molecule has 132 valence electrons. The summed E-state index contributed by atoms with van der Waals surface area (Å²) in [4.78, 5) is 15.0. The molecule has 2 aromatic carbocycles. The van der Waals surface area contributed by atoms with Crippen molar-refractivity contribution in [2.45, 2.75) is 25.0 Å². The van der Waals surface area contributed by atoms with Crippen LogP contribution in [0.5, 0.6) is 0 Å². The minimum absolute atomic E-state index is 0.0688. The van der Waals surface area contributed by atoms with Crippen molar-refractivity contribution in [3.63, 3.8) is 0 Å². The van der Waals surface area contributed by atoms with Crippen molar-refractivity contribution in [2.75, 3.05) is 5.75 Å². The molecule has 0 radical (unpaired) electrons. The van der Waals surface area contributed by atoms with E-state index in [1.54, 1.807) is 21.0 Å². The predicted octanol–water partition coefficient (Wildman–Crippen LogP) is 2.80. The number of hydrogen-bond acceptors (Lipinski definition) is 5. The molecule has 4 rings (SSSR count). The van der Waals surface area contributed by atoms with Gasteiger partial charge in [-0.25, -0.2) is 4.79 Å². The topological polar surface area (TPSA) is 81.4 Å². The van der Waals surface area contributed by atoms with Gasteiger partial charge in [0, 0.05) is 12.3 Å². The molecule has 0 aliphatic carbocycles. The van der Waals surface area contributed by atoms with E-state index in [4.69, 9.17) is 0 Å². The Morgan fingerprint density at radius 3 is 2.77 bits per heavy atom. The zero-order valence-corrected chi connectivity index (χ0v) is 15.1. The Morgan fingerprint density at radius 1 is 1.12 bits per heavy atom. The van der Waals surface area contributed by atoms with Crippen LogP contribution in [-0.2, 0) is 6.54 Å². The van der Waals surface area contributed by atoms with E-state index in [1.165, 1.54) is 5.56 Å². The molecule has 7 nitrogen and oxygen atoms in total. The maximum atomic E-state index is 12.1. The SMILES string of the molecule is Cc1ccc(-n2nnnc2SCCCn2c(=O)[nH]c3ccccc32)cc1. The highest BCUT2D eigenvalue weighted by Gasteiger charge is 2.10. The number of aromatic nitrogens is 6. The van der Waals surface area contributed by atoms with Crippen LogP contribution < -0.4 is 5.69 Å². The Morgan fingerprint density at radius 2 is 1.92 bits per heavy atom. The molecule has 0 atom stereocenters. The summed E-state index contributed by atoms with van der Waals surface area (Å²) in [5.41, 5.74) is 3.87. The van der Waals surface area contributed by atoms with E-state index in [0.29, 0.717) is 6.54 Å². The predicted molar refractivity (Wildman–Crippen MR) is 102 cm³/mol. The van der Waals surface area contributed by atoms with Crippen molar-refractivity contribution in [1.82, 2.24) is 29.8 Å². The first kappa shape index (κ1) is 16.6. The number of rotatable bonds is 6. The molecule has 0 saturated carbocycles. The molecule has 2 aromatic heterocycles. The van der Waals surface area contributed by atoms with Crippen molar-refractivity contribution in [1.29, 1.82) is 0 Å². The fourth-order valence-corrected chi connectivity index (χ4v) is 3.65. The lowest BCUT2D eigenvalue weighted by Gasteiger charge is -2.05. The van der Waals surface area contributed by atoms with E-state index in [-0.39, 0.29) is 5.69 Å². The third kappa shape index (κ3) is 3.28. The van der Waals surface area contributed by atoms with Gasteiger partial charge in [0.2, 0.25) is 5.16 Å². The maximum absolute atomic E-state index is 12.1. The Balaban J connectivity index is 1.41. The number of hydrogen-bond donors (Lipinski definition) is 1. The van der Waals surface area contributed by atoms with Crippen molar-refractivity contribution >= 4 is 22.8 Å². The maximum Gasteiger partial charge on any atom is 0.326 e. The van der Waals surface area contributed by atoms with Crippen molar-refractivity contribution in [2.24, 2.45) is 0 Å².